The van der Waals surface area contributed by atoms with E-state index in [9.17, 15) is 0 Å². The Morgan fingerprint density at radius 2 is 2.19 bits per heavy atom. The first-order valence-corrected chi connectivity index (χ1v) is 9.33. The van der Waals surface area contributed by atoms with E-state index in [0.717, 1.165) is 70.4 Å². The molecule has 0 spiro atoms. The highest BCUT2D eigenvalue weighted by Crippen LogP contribution is 2.15. The number of nitrogens with one attached hydrogen (secondary N) is 2. The van der Waals surface area contributed by atoms with E-state index < -0.39 is 0 Å². The van der Waals surface area contributed by atoms with Gasteiger partial charge in [0.15, 0.2) is 5.96 Å². The lowest BCUT2D eigenvalue weighted by Gasteiger charge is -2.31. The van der Waals surface area contributed by atoms with E-state index >= 15 is 0 Å². The summed E-state index contributed by atoms with van der Waals surface area (Å²) in [5.74, 6) is 1.83. The minimum Gasteiger partial charge on any atom is -0.492 e. The van der Waals surface area contributed by atoms with Crippen molar-refractivity contribution in [3.8, 4) is 5.75 Å². The van der Waals surface area contributed by atoms with Gasteiger partial charge in [0.2, 0.25) is 0 Å². The van der Waals surface area contributed by atoms with Gasteiger partial charge in [-0.1, -0.05) is 12.1 Å². The smallest absolute Gasteiger partial charge is 0.191 e. The van der Waals surface area contributed by atoms with Gasteiger partial charge in [0.05, 0.1) is 0 Å². The van der Waals surface area contributed by atoms with E-state index in [1.807, 2.05) is 12.1 Å². The van der Waals surface area contributed by atoms with E-state index in [1.54, 1.807) is 0 Å². The van der Waals surface area contributed by atoms with Crippen molar-refractivity contribution < 1.29 is 9.47 Å². The fourth-order valence-electron chi connectivity index (χ4n) is 3.20. The van der Waals surface area contributed by atoms with Crippen molar-refractivity contribution in [1.82, 2.24) is 15.5 Å². The van der Waals surface area contributed by atoms with Gasteiger partial charge in [-0.05, 0) is 44.0 Å². The normalized spacial score (nSPS) is 17.8. The van der Waals surface area contributed by atoms with Crippen LogP contribution in [0.4, 0.5) is 0 Å². The Labute approximate surface area is 173 Å². The van der Waals surface area contributed by atoms with Gasteiger partial charge in [-0.3, -0.25) is 9.89 Å². The molecular weight excluding hydrogens is 443 g/mol. The van der Waals surface area contributed by atoms with E-state index in [2.05, 4.69) is 39.7 Å². The maximum Gasteiger partial charge on any atom is 0.191 e. The van der Waals surface area contributed by atoms with Crippen molar-refractivity contribution in [2.24, 2.45) is 4.99 Å². The van der Waals surface area contributed by atoms with E-state index in [4.69, 9.17) is 9.47 Å². The lowest BCUT2D eigenvalue weighted by Crippen LogP contribution is -2.40. The lowest BCUT2D eigenvalue weighted by molar-refractivity contribution is 0.0392. The molecule has 146 valence electrons. The van der Waals surface area contributed by atoms with Crippen LogP contribution in [0.5, 0.6) is 5.75 Å². The van der Waals surface area contributed by atoms with Crippen molar-refractivity contribution in [3.05, 3.63) is 29.8 Å². The molecule has 0 amide bonds. The Morgan fingerprint density at radius 3 is 2.96 bits per heavy atom. The van der Waals surface area contributed by atoms with E-state index in [1.165, 1.54) is 5.56 Å². The molecule has 1 aromatic carbocycles. The summed E-state index contributed by atoms with van der Waals surface area (Å²) >= 11 is 0. The summed E-state index contributed by atoms with van der Waals surface area (Å²) in [6, 6.07) is 8.90. The van der Waals surface area contributed by atoms with Crippen LogP contribution < -0.4 is 15.4 Å². The van der Waals surface area contributed by atoms with E-state index in [0.29, 0.717) is 12.6 Å². The number of guanidine groups is 1. The van der Waals surface area contributed by atoms with Gasteiger partial charge >= 0.3 is 0 Å². The third kappa shape index (κ3) is 6.92. The molecule has 7 heteroatoms. The second-order valence-electron chi connectivity index (χ2n) is 6.68. The summed E-state index contributed by atoms with van der Waals surface area (Å²) in [4.78, 5) is 6.82. The van der Waals surface area contributed by atoms with Crippen molar-refractivity contribution in [1.29, 1.82) is 0 Å². The summed E-state index contributed by atoms with van der Waals surface area (Å²) in [6.45, 7) is 6.06. The van der Waals surface area contributed by atoms with Crippen LogP contribution in [0.2, 0.25) is 0 Å². The fraction of sp³-hybridized carbons (Fsp3) is 0.632. The van der Waals surface area contributed by atoms with Crippen LogP contribution >= 0.6 is 24.0 Å². The first kappa shape index (κ1) is 21.2. The van der Waals surface area contributed by atoms with Crippen LogP contribution in [0, 0.1) is 0 Å². The SMILES string of the molecule is CN(CCOc1cccc(CNC2=NCCCN2)c1)C1CCOCC1.I. The fourth-order valence-corrected chi connectivity index (χ4v) is 3.20. The van der Waals surface area contributed by atoms with Gasteiger partial charge < -0.3 is 20.1 Å². The Hall–Kier alpha value is -1.06. The molecule has 0 atom stereocenters. The molecule has 6 nitrogen and oxygen atoms in total. The summed E-state index contributed by atoms with van der Waals surface area (Å²) < 4.78 is 11.4. The first-order chi connectivity index (χ1) is 12.3. The van der Waals surface area contributed by atoms with Crippen molar-refractivity contribution in [2.75, 3.05) is 46.5 Å². The van der Waals surface area contributed by atoms with Gasteiger partial charge in [-0.2, -0.15) is 0 Å². The molecule has 0 radical (unpaired) electrons. The van der Waals surface area contributed by atoms with Crippen LogP contribution in [0.3, 0.4) is 0 Å². The van der Waals surface area contributed by atoms with Crippen LogP contribution in [0.25, 0.3) is 0 Å². The molecule has 1 aromatic rings. The number of halogens is 1. The van der Waals surface area contributed by atoms with Crippen molar-refractivity contribution in [2.45, 2.75) is 31.8 Å². The molecule has 3 rings (SSSR count). The standard InChI is InChI=1S/C19H30N4O2.HI/c1-23(17-6-11-24-12-7-17)10-13-25-18-5-2-4-16(14-18)15-22-19-20-8-3-9-21-19;/h2,4-5,14,17H,3,6-13,15H2,1H3,(H2,20,21,22);1H. The molecule has 0 unspecified atom stereocenters. The summed E-state index contributed by atoms with van der Waals surface area (Å²) in [6.07, 6.45) is 3.35. The van der Waals surface area contributed by atoms with E-state index in [-0.39, 0.29) is 24.0 Å². The summed E-state index contributed by atoms with van der Waals surface area (Å²) in [7, 11) is 2.18. The third-order valence-electron chi connectivity index (χ3n) is 4.78. The first-order valence-electron chi connectivity index (χ1n) is 9.33. The molecule has 2 aliphatic rings. The maximum atomic E-state index is 5.95. The third-order valence-corrected chi connectivity index (χ3v) is 4.78. The minimum atomic E-state index is 0. The quantitative estimate of drug-likeness (QED) is 0.594. The van der Waals surface area contributed by atoms with Gasteiger partial charge in [0.25, 0.3) is 0 Å². The average molecular weight is 474 g/mol. The Balaban J connectivity index is 0.00000243. The Morgan fingerprint density at radius 1 is 1.35 bits per heavy atom. The number of hydrogen-bond donors (Lipinski definition) is 2. The molecule has 0 bridgehead atoms. The number of nitrogens with zero attached hydrogens (tertiary/aromatic N) is 2. The monoisotopic (exact) mass is 474 g/mol. The molecule has 1 saturated heterocycles. The predicted octanol–water partition coefficient (Wildman–Crippen LogP) is 2.23. The lowest BCUT2D eigenvalue weighted by atomic mass is 10.1. The highest BCUT2D eigenvalue weighted by molar-refractivity contribution is 14.0. The number of hydrogen-bond acceptors (Lipinski definition) is 6. The topological polar surface area (TPSA) is 58.1 Å². The molecule has 2 aliphatic heterocycles. The molecular formula is C19H31IN4O2. The molecule has 2 heterocycles. The average Bonchev–Trinajstić information content (AvgIpc) is 2.68. The molecule has 0 saturated carbocycles. The highest BCUT2D eigenvalue weighted by atomic mass is 127. The maximum absolute atomic E-state index is 5.95. The van der Waals surface area contributed by atoms with Gasteiger partial charge in [-0.15, -0.1) is 24.0 Å². The second-order valence-corrected chi connectivity index (χ2v) is 6.68. The van der Waals surface area contributed by atoms with Crippen molar-refractivity contribution in [3.63, 3.8) is 0 Å². The number of aliphatic imine (C=N–C) groups is 1. The zero-order valence-electron chi connectivity index (χ0n) is 15.6. The number of rotatable bonds is 7. The highest BCUT2D eigenvalue weighted by Gasteiger charge is 2.17. The minimum absolute atomic E-state index is 0. The Bertz CT molecular complexity index is 564. The molecule has 1 fully saturated rings. The number of benzene rings is 1. The van der Waals surface area contributed by atoms with Crippen LogP contribution in [0.15, 0.2) is 29.3 Å². The molecule has 26 heavy (non-hydrogen) atoms. The second kappa shape index (κ2) is 11.6. The zero-order chi connectivity index (χ0) is 17.3. The van der Waals surface area contributed by atoms with Crippen LogP contribution in [-0.2, 0) is 11.3 Å². The number of likely N-dealkylation sites (N-methyl/N-ethyl adjacent to an activating group) is 1. The largest absolute Gasteiger partial charge is 0.492 e. The summed E-state index contributed by atoms with van der Waals surface area (Å²) in [5.41, 5.74) is 1.20. The van der Waals surface area contributed by atoms with Gasteiger partial charge in [0.1, 0.15) is 12.4 Å². The summed E-state index contributed by atoms with van der Waals surface area (Å²) in [5, 5.41) is 6.62. The molecule has 0 aromatic heterocycles. The predicted molar refractivity (Wildman–Crippen MR) is 116 cm³/mol. The van der Waals surface area contributed by atoms with Gasteiger partial charge in [0, 0.05) is 45.4 Å². The zero-order valence-corrected chi connectivity index (χ0v) is 17.9. The van der Waals surface area contributed by atoms with Crippen molar-refractivity contribution >= 4 is 29.9 Å². The van der Waals surface area contributed by atoms with Crippen LogP contribution in [0.1, 0.15) is 24.8 Å². The van der Waals surface area contributed by atoms with Crippen LogP contribution in [-0.4, -0.2) is 63.4 Å². The Kier molecular flexibility index (Phi) is 9.49. The molecule has 2 N–H and O–H groups in total. The van der Waals surface area contributed by atoms with Gasteiger partial charge in [-0.25, -0.2) is 0 Å². The molecule has 0 aliphatic carbocycles. The number of ether oxygens (including phenoxy) is 2.